The molecule has 0 aromatic heterocycles. The van der Waals surface area contributed by atoms with Crippen molar-refractivity contribution in [2.75, 3.05) is 6.54 Å². The minimum Gasteiger partial charge on any atom is -0.423 e. The number of nitrogens with one attached hydrogen (secondary N) is 1. The molecule has 0 radical (unpaired) electrons. The third-order valence-corrected chi connectivity index (χ3v) is 3.91. The van der Waals surface area contributed by atoms with Crippen molar-refractivity contribution >= 4 is 24.4 Å². The van der Waals surface area contributed by atoms with Crippen LogP contribution >= 0.6 is 11.8 Å². The molecule has 1 aliphatic heterocycles. The van der Waals surface area contributed by atoms with Crippen LogP contribution in [0.4, 0.5) is 0 Å². The normalized spacial score (nSPS) is 22.5. The van der Waals surface area contributed by atoms with Gasteiger partial charge in [-0.15, -0.1) is 0 Å². The van der Waals surface area contributed by atoms with E-state index in [9.17, 15) is 5.02 Å². The zero-order valence-corrected chi connectivity index (χ0v) is 10.3. The molecule has 0 saturated heterocycles. The predicted octanol–water partition coefficient (Wildman–Crippen LogP) is 1.07. The highest BCUT2D eigenvalue weighted by Gasteiger charge is 2.37. The summed E-state index contributed by atoms with van der Waals surface area (Å²) in [6.45, 7) is 0.518. The van der Waals surface area contributed by atoms with Gasteiger partial charge in [0.15, 0.2) is 0 Å². The Morgan fingerprint density at radius 1 is 1.41 bits per heavy atom. The van der Waals surface area contributed by atoms with Gasteiger partial charge < -0.3 is 9.68 Å². The van der Waals surface area contributed by atoms with Crippen molar-refractivity contribution in [1.29, 1.82) is 0 Å². The largest absolute Gasteiger partial charge is 0.492 e. The summed E-state index contributed by atoms with van der Waals surface area (Å²) < 4.78 is 5.55. The van der Waals surface area contributed by atoms with E-state index >= 15 is 0 Å². The first kappa shape index (κ1) is 11.5. The van der Waals surface area contributed by atoms with Gasteiger partial charge in [-0.1, -0.05) is 12.1 Å². The average Bonchev–Trinajstić information content (AvgIpc) is 2.67. The molecule has 0 spiro atoms. The van der Waals surface area contributed by atoms with Gasteiger partial charge in [0, 0.05) is 6.54 Å². The molecule has 1 aliphatic carbocycles. The first-order valence-corrected chi connectivity index (χ1v) is 6.50. The van der Waals surface area contributed by atoms with E-state index in [1.807, 2.05) is 0 Å². The molecule has 3 nitrogen and oxygen atoms in total. The zero-order chi connectivity index (χ0) is 11.8. The van der Waals surface area contributed by atoms with Crippen molar-refractivity contribution in [1.82, 2.24) is 4.84 Å². The third kappa shape index (κ3) is 1.89. The first-order valence-electron chi connectivity index (χ1n) is 6.13. The highest BCUT2D eigenvalue weighted by molar-refractivity contribution is 6.62. The van der Waals surface area contributed by atoms with E-state index in [0.717, 1.165) is 23.9 Å². The maximum atomic E-state index is 10.0. The predicted molar refractivity (Wildman–Crippen MR) is 68.4 cm³/mol. The summed E-state index contributed by atoms with van der Waals surface area (Å²) in [5, 5.41) is 10.0. The fourth-order valence-electron chi connectivity index (χ4n) is 2.97. The summed E-state index contributed by atoms with van der Waals surface area (Å²) >= 11 is 5.53. The van der Waals surface area contributed by atoms with E-state index in [0.29, 0.717) is 6.54 Å². The second-order valence-corrected chi connectivity index (χ2v) is 5.00. The quantitative estimate of drug-likeness (QED) is 0.610. The molecular formula is C12H15BClNO2. The topological polar surface area (TPSA) is 41.5 Å². The van der Waals surface area contributed by atoms with Crippen LogP contribution in [-0.4, -0.2) is 18.7 Å². The van der Waals surface area contributed by atoms with Crippen molar-refractivity contribution in [2.45, 2.75) is 31.8 Å². The van der Waals surface area contributed by atoms with E-state index < -0.39 is 7.12 Å². The summed E-state index contributed by atoms with van der Waals surface area (Å²) in [7, 11) is -0.784. The van der Waals surface area contributed by atoms with Crippen molar-refractivity contribution < 1.29 is 9.68 Å². The minimum absolute atomic E-state index is 0.135. The van der Waals surface area contributed by atoms with Gasteiger partial charge in [0.05, 0.1) is 6.10 Å². The summed E-state index contributed by atoms with van der Waals surface area (Å²) in [5.41, 5.74) is 4.76. The first-order chi connectivity index (χ1) is 8.31. The number of hydrogen-bond acceptors (Lipinski definition) is 3. The summed E-state index contributed by atoms with van der Waals surface area (Å²) in [6.07, 6.45) is 4.49. The molecule has 0 bridgehead atoms. The molecule has 2 N–H and O–H groups in total. The lowest BCUT2D eigenvalue weighted by Crippen LogP contribution is -2.33. The Morgan fingerprint density at radius 2 is 2.24 bits per heavy atom. The van der Waals surface area contributed by atoms with Crippen LogP contribution < -0.4 is 10.3 Å². The van der Waals surface area contributed by atoms with Gasteiger partial charge in [-0.2, -0.15) is 0 Å². The Balaban J connectivity index is 2.05. The van der Waals surface area contributed by atoms with Crippen LogP contribution in [0.2, 0.25) is 0 Å². The molecule has 17 heavy (non-hydrogen) atoms. The molecule has 0 amide bonds. The molecule has 1 aromatic rings. The van der Waals surface area contributed by atoms with E-state index in [4.69, 9.17) is 16.4 Å². The van der Waals surface area contributed by atoms with E-state index in [-0.39, 0.29) is 6.10 Å². The van der Waals surface area contributed by atoms with Crippen molar-refractivity contribution in [3.63, 3.8) is 0 Å². The van der Waals surface area contributed by atoms with Crippen LogP contribution in [0.25, 0.3) is 0 Å². The maximum Gasteiger partial charge on any atom is 0.492 e. The van der Waals surface area contributed by atoms with Crippen LogP contribution in [0, 0.1) is 0 Å². The summed E-state index contributed by atoms with van der Waals surface area (Å²) in [6, 6.07) is 4.25. The van der Waals surface area contributed by atoms with Crippen molar-refractivity contribution in [2.24, 2.45) is 0 Å². The van der Waals surface area contributed by atoms with Gasteiger partial charge in [0.25, 0.3) is 0 Å². The Kier molecular flexibility index (Phi) is 3.13. The van der Waals surface area contributed by atoms with Crippen molar-refractivity contribution in [3.8, 4) is 0 Å². The second kappa shape index (κ2) is 4.61. The van der Waals surface area contributed by atoms with Gasteiger partial charge in [0.2, 0.25) is 0 Å². The molecule has 0 saturated carbocycles. The average molecular weight is 252 g/mol. The molecule has 1 aromatic carbocycles. The fourth-order valence-corrected chi connectivity index (χ4v) is 3.11. The lowest BCUT2D eigenvalue weighted by atomic mass is 9.71. The van der Waals surface area contributed by atoms with E-state index in [1.165, 1.54) is 24.0 Å². The molecule has 1 atom stereocenters. The Hall–Kier alpha value is -0.545. The minimum atomic E-state index is -0.784. The van der Waals surface area contributed by atoms with Crippen LogP contribution in [0.15, 0.2) is 12.1 Å². The fraction of sp³-hybridized carbons (Fsp3) is 0.500. The molecule has 0 fully saturated rings. The summed E-state index contributed by atoms with van der Waals surface area (Å²) in [4.78, 5) is 2.59. The van der Waals surface area contributed by atoms with Crippen LogP contribution in [-0.2, 0) is 17.5 Å². The number of hydrogen-bond donors (Lipinski definition) is 2. The second-order valence-electron chi connectivity index (χ2n) is 4.73. The highest BCUT2D eigenvalue weighted by Crippen LogP contribution is 2.29. The maximum absolute atomic E-state index is 10.0. The molecular weight excluding hydrogens is 236 g/mol. The lowest BCUT2D eigenvalue weighted by Gasteiger charge is -2.19. The number of fused-ring (bicyclic) bond motifs is 3. The van der Waals surface area contributed by atoms with Crippen LogP contribution in [0.1, 0.15) is 35.6 Å². The Bertz CT molecular complexity index is 441. The van der Waals surface area contributed by atoms with Crippen LogP contribution in [0.3, 0.4) is 0 Å². The molecule has 5 heteroatoms. The molecule has 2 aliphatic rings. The van der Waals surface area contributed by atoms with Crippen molar-refractivity contribution in [3.05, 3.63) is 28.8 Å². The molecule has 3 rings (SSSR count). The molecule has 1 unspecified atom stereocenters. The van der Waals surface area contributed by atoms with Gasteiger partial charge in [-0.05, 0) is 59.6 Å². The number of aryl methyl sites for hydroxylation is 1. The van der Waals surface area contributed by atoms with E-state index in [1.54, 1.807) is 0 Å². The summed E-state index contributed by atoms with van der Waals surface area (Å²) in [5.74, 6) is 0. The zero-order valence-electron chi connectivity index (χ0n) is 9.58. The SMILES string of the molecule is OB1OC(CNCl)c2ccc3c(c21)CCCC3. The number of halogens is 1. The molecule has 1 heterocycles. The third-order valence-electron chi connectivity index (χ3n) is 3.76. The standard InChI is InChI=1S/C12H15BClNO2/c14-15-7-11-10-6-5-8-3-1-2-4-9(8)12(10)13(16)17-11/h5-6,11,15-16H,1-4,7H2. The Morgan fingerprint density at radius 3 is 3.06 bits per heavy atom. The number of benzene rings is 1. The monoisotopic (exact) mass is 251 g/mol. The van der Waals surface area contributed by atoms with E-state index in [2.05, 4.69) is 17.0 Å². The van der Waals surface area contributed by atoms with Gasteiger partial charge in [-0.25, -0.2) is 4.84 Å². The number of rotatable bonds is 2. The molecule has 90 valence electrons. The highest BCUT2D eigenvalue weighted by atomic mass is 35.5. The Labute approximate surface area is 106 Å². The van der Waals surface area contributed by atoms with Gasteiger partial charge in [0.1, 0.15) is 0 Å². The van der Waals surface area contributed by atoms with Gasteiger partial charge in [-0.3, -0.25) is 0 Å². The van der Waals surface area contributed by atoms with Gasteiger partial charge >= 0.3 is 7.12 Å². The smallest absolute Gasteiger partial charge is 0.423 e. The van der Waals surface area contributed by atoms with Crippen LogP contribution in [0.5, 0.6) is 0 Å². The lowest BCUT2D eigenvalue weighted by molar-refractivity contribution is 0.194.